The topological polar surface area (TPSA) is 129 Å². The maximum absolute atomic E-state index is 11.5. The van der Waals surface area contributed by atoms with Crippen LogP contribution in [0.1, 0.15) is 11.3 Å². The SMILES string of the molecule is Cc1nn(C)cc1/C=N\NC(=O)Cn1nnnc1N. The van der Waals surface area contributed by atoms with Gasteiger partial charge in [-0.3, -0.25) is 9.48 Å². The van der Waals surface area contributed by atoms with Crippen LogP contribution in [0.15, 0.2) is 11.3 Å². The lowest BCUT2D eigenvalue weighted by Gasteiger charge is -1.99. The van der Waals surface area contributed by atoms with Gasteiger partial charge in [0.05, 0.1) is 11.9 Å². The van der Waals surface area contributed by atoms with Gasteiger partial charge in [-0.15, -0.1) is 0 Å². The van der Waals surface area contributed by atoms with Crippen LogP contribution in [0.2, 0.25) is 0 Å². The predicted octanol–water partition coefficient (Wildman–Crippen LogP) is -1.55. The molecule has 0 unspecified atom stereocenters. The first-order chi connectivity index (χ1) is 9.06. The molecule has 0 spiro atoms. The van der Waals surface area contributed by atoms with Crippen LogP contribution in [0, 0.1) is 6.92 Å². The third-order valence-electron chi connectivity index (χ3n) is 2.30. The van der Waals surface area contributed by atoms with E-state index in [-0.39, 0.29) is 18.4 Å². The zero-order chi connectivity index (χ0) is 13.8. The summed E-state index contributed by atoms with van der Waals surface area (Å²) in [5.41, 5.74) is 9.43. The number of nitrogens with zero attached hydrogens (tertiary/aromatic N) is 7. The first-order valence-electron chi connectivity index (χ1n) is 5.40. The van der Waals surface area contributed by atoms with E-state index in [4.69, 9.17) is 5.73 Å². The average Bonchev–Trinajstić information content (AvgIpc) is 2.86. The number of aryl methyl sites for hydroxylation is 2. The van der Waals surface area contributed by atoms with Crippen molar-refractivity contribution in [2.45, 2.75) is 13.5 Å². The third-order valence-corrected chi connectivity index (χ3v) is 2.30. The summed E-state index contributed by atoms with van der Waals surface area (Å²) in [4.78, 5) is 11.5. The van der Waals surface area contributed by atoms with Crippen molar-refractivity contribution in [3.8, 4) is 0 Å². The van der Waals surface area contributed by atoms with Gasteiger partial charge in [0.2, 0.25) is 5.95 Å². The van der Waals surface area contributed by atoms with Crippen molar-refractivity contribution in [2.24, 2.45) is 12.1 Å². The Balaban J connectivity index is 1.90. The first-order valence-corrected chi connectivity index (χ1v) is 5.40. The Morgan fingerprint density at radius 2 is 2.42 bits per heavy atom. The molecule has 10 heteroatoms. The number of carbonyl (C=O) groups is 1. The van der Waals surface area contributed by atoms with Gasteiger partial charge in [-0.2, -0.15) is 10.2 Å². The molecule has 2 heterocycles. The molecule has 2 rings (SSSR count). The second kappa shape index (κ2) is 5.25. The van der Waals surface area contributed by atoms with Gasteiger partial charge < -0.3 is 5.73 Å². The van der Waals surface area contributed by atoms with E-state index in [9.17, 15) is 4.79 Å². The van der Waals surface area contributed by atoms with Crippen molar-refractivity contribution in [2.75, 3.05) is 5.73 Å². The van der Waals surface area contributed by atoms with Crippen LogP contribution in [0.25, 0.3) is 0 Å². The van der Waals surface area contributed by atoms with Crippen molar-refractivity contribution in [1.82, 2.24) is 35.4 Å². The number of amides is 1. The lowest BCUT2D eigenvalue weighted by Crippen LogP contribution is -2.24. The number of tetrazole rings is 1. The number of carbonyl (C=O) groups excluding carboxylic acids is 1. The largest absolute Gasteiger partial charge is 0.367 e. The minimum atomic E-state index is -0.378. The highest BCUT2D eigenvalue weighted by atomic mass is 16.2. The molecule has 0 aliphatic heterocycles. The van der Waals surface area contributed by atoms with Gasteiger partial charge in [0.25, 0.3) is 5.91 Å². The Morgan fingerprint density at radius 3 is 3.00 bits per heavy atom. The van der Waals surface area contributed by atoms with Crippen molar-refractivity contribution < 1.29 is 4.79 Å². The van der Waals surface area contributed by atoms with E-state index in [2.05, 4.69) is 31.2 Å². The molecular formula is C9H13N9O. The molecule has 2 aromatic rings. The number of aromatic nitrogens is 6. The fourth-order valence-electron chi connectivity index (χ4n) is 1.41. The highest BCUT2D eigenvalue weighted by Gasteiger charge is 2.06. The molecule has 0 saturated heterocycles. The number of anilines is 1. The maximum atomic E-state index is 11.5. The van der Waals surface area contributed by atoms with Gasteiger partial charge in [-0.05, 0) is 17.4 Å². The van der Waals surface area contributed by atoms with E-state index in [1.54, 1.807) is 10.9 Å². The first kappa shape index (κ1) is 12.7. The summed E-state index contributed by atoms with van der Waals surface area (Å²) in [6.07, 6.45) is 3.31. The van der Waals surface area contributed by atoms with Crippen molar-refractivity contribution in [1.29, 1.82) is 0 Å². The number of nitrogen functional groups attached to an aromatic ring is 1. The van der Waals surface area contributed by atoms with Crippen LogP contribution in [0.3, 0.4) is 0 Å². The molecule has 1 amide bonds. The van der Waals surface area contributed by atoms with Crippen molar-refractivity contribution in [3.63, 3.8) is 0 Å². The summed E-state index contributed by atoms with van der Waals surface area (Å²) in [7, 11) is 1.81. The fraction of sp³-hybridized carbons (Fsp3) is 0.333. The number of hydrogen-bond acceptors (Lipinski definition) is 7. The van der Waals surface area contributed by atoms with Gasteiger partial charge in [0, 0.05) is 18.8 Å². The molecule has 10 nitrogen and oxygen atoms in total. The van der Waals surface area contributed by atoms with Gasteiger partial charge in [0.15, 0.2) is 0 Å². The Hall–Kier alpha value is -2.78. The summed E-state index contributed by atoms with van der Waals surface area (Å²) in [6, 6.07) is 0. The monoisotopic (exact) mass is 263 g/mol. The number of hydrogen-bond donors (Lipinski definition) is 2. The second-order valence-electron chi connectivity index (χ2n) is 3.83. The summed E-state index contributed by atoms with van der Waals surface area (Å²) in [5.74, 6) is -0.306. The van der Waals surface area contributed by atoms with E-state index in [1.165, 1.54) is 10.9 Å². The van der Waals surface area contributed by atoms with Gasteiger partial charge in [-0.1, -0.05) is 5.10 Å². The lowest BCUT2D eigenvalue weighted by molar-refractivity contribution is -0.121. The van der Waals surface area contributed by atoms with Gasteiger partial charge >= 0.3 is 0 Å². The molecule has 0 atom stereocenters. The summed E-state index contributed by atoms with van der Waals surface area (Å²) >= 11 is 0. The molecule has 2 aromatic heterocycles. The molecule has 19 heavy (non-hydrogen) atoms. The van der Waals surface area contributed by atoms with E-state index in [0.717, 1.165) is 11.3 Å². The number of nitrogens with two attached hydrogens (primary N) is 1. The van der Waals surface area contributed by atoms with E-state index < -0.39 is 0 Å². The normalized spacial score (nSPS) is 11.1. The molecule has 0 radical (unpaired) electrons. The summed E-state index contributed by atoms with van der Waals surface area (Å²) in [5, 5.41) is 18.3. The fourth-order valence-corrected chi connectivity index (χ4v) is 1.41. The zero-order valence-electron chi connectivity index (χ0n) is 10.5. The number of rotatable bonds is 4. The molecule has 0 fully saturated rings. The van der Waals surface area contributed by atoms with Crippen molar-refractivity contribution >= 4 is 18.1 Å². The highest BCUT2D eigenvalue weighted by Crippen LogP contribution is 2.00. The Kier molecular flexibility index (Phi) is 3.50. The van der Waals surface area contributed by atoms with Crippen LogP contribution >= 0.6 is 0 Å². The van der Waals surface area contributed by atoms with Crippen LogP contribution < -0.4 is 11.2 Å². The number of nitrogens with one attached hydrogen (secondary N) is 1. The standard InChI is InChI=1S/C9H13N9O/c1-6-7(4-17(2)14-6)3-11-12-8(19)5-18-9(10)13-15-16-18/h3-4H,5H2,1-2H3,(H,12,19)(H2,10,13,16)/b11-3-. The van der Waals surface area contributed by atoms with Crippen LogP contribution in [0.5, 0.6) is 0 Å². The molecule has 0 aliphatic rings. The highest BCUT2D eigenvalue weighted by molar-refractivity contribution is 5.83. The number of hydrazone groups is 1. The molecule has 0 saturated carbocycles. The predicted molar refractivity (Wildman–Crippen MR) is 65.9 cm³/mol. The quantitative estimate of drug-likeness (QED) is 0.507. The second-order valence-corrected chi connectivity index (χ2v) is 3.83. The molecule has 0 bridgehead atoms. The van der Waals surface area contributed by atoms with Crippen LogP contribution in [-0.4, -0.2) is 42.1 Å². The zero-order valence-corrected chi connectivity index (χ0v) is 10.5. The van der Waals surface area contributed by atoms with Gasteiger partial charge in [0.1, 0.15) is 6.54 Å². The van der Waals surface area contributed by atoms with Gasteiger partial charge in [-0.25, -0.2) is 10.1 Å². The Morgan fingerprint density at radius 1 is 1.63 bits per heavy atom. The van der Waals surface area contributed by atoms with Crippen LogP contribution in [0.4, 0.5) is 5.95 Å². The summed E-state index contributed by atoms with van der Waals surface area (Å²) in [6.45, 7) is 1.76. The summed E-state index contributed by atoms with van der Waals surface area (Å²) < 4.78 is 2.83. The molecular weight excluding hydrogens is 250 g/mol. The van der Waals surface area contributed by atoms with E-state index in [1.807, 2.05) is 14.0 Å². The maximum Gasteiger partial charge on any atom is 0.261 e. The minimum absolute atomic E-state index is 0.0715. The van der Waals surface area contributed by atoms with E-state index in [0.29, 0.717) is 0 Å². The molecule has 100 valence electrons. The molecule has 0 aromatic carbocycles. The molecule has 0 aliphatic carbocycles. The Labute approximate surface area is 108 Å². The molecule has 3 N–H and O–H groups in total. The third kappa shape index (κ3) is 3.12. The Bertz CT molecular complexity index is 611. The van der Waals surface area contributed by atoms with Crippen molar-refractivity contribution in [3.05, 3.63) is 17.5 Å². The van der Waals surface area contributed by atoms with Crippen LogP contribution in [-0.2, 0) is 18.4 Å². The minimum Gasteiger partial charge on any atom is -0.367 e. The lowest BCUT2D eigenvalue weighted by atomic mass is 10.3. The smallest absolute Gasteiger partial charge is 0.261 e. The van der Waals surface area contributed by atoms with E-state index >= 15 is 0 Å². The average molecular weight is 263 g/mol.